The van der Waals surface area contributed by atoms with Gasteiger partial charge >= 0.3 is 0 Å². The van der Waals surface area contributed by atoms with Gasteiger partial charge in [-0.15, -0.1) is 6.58 Å². The van der Waals surface area contributed by atoms with E-state index in [-0.39, 0.29) is 13.1 Å². The van der Waals surface area contributed by atoms with E-state index in [2.05, 4.69) is 6.58 Å². The fourth-order valence-electron chi connectivity index (χ4n) is 2.77. The number of hydroxylamine groups is 2. The summed E-state index contributed by atoms with van der Waals surface area (Å²) in [5, 5.41) is 1.17. The van der Waals surface area contributed by atoms with E-state index in [0.717, 1.165) is 10.5 Å². The van der Waals surface area contributed by atoms with Gasteiger partial charge in [0, 0.05) is 0 Å². The largest absolute Gasteiger partial charge is 0.270 e. The van der Waals surface area contributed by atoms with Crippen LogP contribution in [-0.4, -0.2) is 40.3 Å². The van der Waals surface area contributed by atoms with Crippen molar-refractivity contribution in [3.8, 4) is 0 Å². The molecule has 0 N–H and O–H groups in total. The summed E-state index contributed by atoms with van der Waals surface area (Å²) >= 11 is 0. The lowest BCUT2D eigenvalue weighted by molar-refractivity contribution is -0.200. The SMILES string of the molecule is C=CC(C)ON(Cc1ccccc1)C(=O)CN1C(=O)c2ccccc2C1=O. The van der Waals surface area contributed by atoms with Crippen LogP contribution in [0, 0.1) is 0 Å². The van der Waals surface area contributed by atoms with Gasteiger partial charge < -0.3 is 0 Å². The zero-order valence-corrected chi connectivity index (χ0v) is 15.0. The Labute approximate surface area is 157 Å². The maximum atomic E-state index is 12.8. The van der Waals surface area contributed by atoms with Gasteiger partial charge in [0.2, 0.25) is 0 Å². The average Bonchev–Trinajstić information content (AvgIpc) is 2.93. The van der Waals surface area contributed by atoms with Gasteiger partial charge in [-0.1, -0.05) is 48.5 Å². The zero-order chi connectivity index (χ0) is 19.4. The summed E-state index contributed by atoms with van der Waals surface area (Å²) in [6.07, 6.45) is 1.16. The molecule has 2 aromatic rings. The summed E-state index contributed by atoms with van der Waals surface area (Å²) in [5.41, 5.74) is 1.49. The molecule has 138 valence electrons. The highest BCUT2D eigenvalue weighted by atomic mass is 16.7. The highest BCUT2D eigenvalue weighted by molar-refractivity contribution is 6.22. The van der Waals surface area contributed by atoms with Crippen molar-refractivity contribution in [2.45, 2.75) is 19.6 Å². The number of rotatable bonds is 7. The van der Waals surface area contributed by atoms with Crippen LogP contribution in [-0.2, 0) is 16.2 Å². The van der Waals surface area contributed by atoms with E-state index in [9.17, 15) is 14.4 Å². The molecule has 0 saturated carbocycles. The normalized spacial score (nSPS) is 14.0. The molecule has 0 aliphatic carbocycles. The van der Waals surface area contributed by atoms with Gasteiger partial charge in [0.1, 0.15) is 12.6 Å². The van der Waals surface area contributed by atoms with Crippen LogP contribution in [0.15, 0.2) is 67.3 Å². The van der Waals surface area contributed by atoms with Crippen molar-refractivity contribution in [1.29, 1.82) is 0 Å². The van der Waals surface area contributed by atoms with Crippen molar-refractivity contribution >= 4 is 17.7 Å². The molecule has 0 radical (unpaired) electrons. The number of amides is 3. The van der Waals surface area contributed by atoms with Gasteiger partial charge in [-0.3, -0.25) is 24.1 Å². The Kier molecular flexibility index (Phi) is 5.47. The Morgan fingerprint density at radius 1 is 1.07 bits per heavy atom. The minimum absolute atomic E-state index is 0.195. The Hall–Kier alpha value is -3.25. The molecule has 1 heterocycles. The van der Waals surface area contributed by atoms with Crippen molar-refractivity contribution in [3.63, 3.8) is 0 Å². The maximum absolute atomic E-state index is 12.8. The molecule has 0 fully saturated rings. The third-order valence-electron chi connectivity index (χ3n) is 4.24. The van der Waals surface area contributed by atoms with Crippen LogP contribution in [0.2, 0.25) is 0 Å². The molecule has 0 saturated heterocycles. The first-order valence-corrected chi connectivity index (χ1v) is 8.60. The lowest BCUT2D eigenvalue weighted by atomic mass is 10.1. The third-order valence-corrected chi connectivity index (χ3v) is 4.24. The molecule has 3 rings (SSSR count). The first-order valence-electron chi connectivity index (χ1n) is 8.60. The molecule has 27 heavy (non-hydrogen) atoms. The van der Waals surface area contributed by atoms with Crippen molar-refractivity contribution < 1.29 is 19.2 Å². The first-order chi connectivity index (χ1) is 13.0. The van der Waals surface area contributed by atoms with Crippen molar-refractivity contribution in [3.05, 3.63) is 83.9 Å². The second-order valence-electron chi connectivity index (χ2n) is 6.20. The van der Waals surface area contributed by atoms with Crippen LogP contribution in [0.1, 0.15) is 33.2 Å². The van der Waals surface area contributed by atoms with Gasteiger partial charge in [-0.05, 0) is 24.6 Å². The van der Waals surface area contributed by atoms with E-state index >= 15 is 0 Å². The van der Waals surface area contributed by atoms with Crippen LogP contribution in [0.25, 0.3) is 0 Å². The number of fused-ring (bicyclic) bond motifs is 1. The van der Waals surface area contributed by atoms with E-state index in [1.54, 1.807) is 37.3 Å². The first kappa shape index (κ1) is 18.5. The van der Waals surface area contributed by atoms with E-state index < -0.39 is 23.8 Å². The molecule has 0 spiro atoms. The van der Waals surface area contributed by atoms with Gasteiger partial charge in [-0.2, -0.15) is 0 Å². The summed E-state index contributed by atoms with van der Waals surface area (Å²) < 4.78 is 0. The second-order valence-corrected chi connectivity index (χ2v) is 6.20. The Morgan fingerprint density at radius 3 is 2.19 bits per heavy atom. The molecule has 0 bridgehead atoms. The number of imide groups is 1. The summed E-state index contributed by atoms with van der Waals surface area (Å²) in [5.74, 6) is -1.43. The minimum Gasteiger partial charge on any atom is -0.270 e. The molecule has 6 nitrogen and oxygen atoms in total. The monoisotopic (exact) mass is 364 g/mol. The van der Waals surface area contributed by atoms with Gasteiger partial charge in [-0.25, -0.2) is 5.06 Å². The summed E-state index contributed by atoms with van der Waals surface area (Å²) in [4.78, 5) is 44.4. The van der Waals surface area contributed by atoms with Crippen LogP contribution in [0.4, 0.5) is 0 Å². The predicted octanol–water partition coefficient (Wildman–Crippen LogP) is 2.82. The third kappa shape index (κ3) is 3.96. The van der Waals surface area contributed by atoms with Crippen LogP contribution >= 0.6 is 0 Å². The predicted molar refractivity (Wildman–Crippen MR) is 99.5 cm³/mol. The van der Waals surface area contributed by atoms with Crippen molar-refractivity contribution in [1.82, 2.24) is 9.96 Å². The highest BCUT2D eigenvalue weighted by Gasteiger charge is 2.37. The quantitative estimate of drug-likeness (QED) is 0.430. The van der Waals surface area contributed by atoms with E-state index in [4.69, 9.17) is 4.84 Å². The number of benzene rings is 2. The highest BCUT2D eigenvalue weighted by Crippen LogP contribution is 2.22. The number of hydrogen-bond donors (Lipinski definition) is 0. The molecule has 1 aliphatic rings. The molecular weight excluding hydrogens is 344 g/mol. The molecular formula is C21H20N2O4. The lowest BCUT2D eigenvalue weighted by Gasteiger charge is -2.26. The lowest BCUT2D eigenvalue weighted by Crippen LogP contribution is -2.43. The van der Waals surface area contributed by atoms with Crippen molar-refractivity contribution in [2.75, 3.05) is 6.54 Å². The van der Waals surface area contributed by atoms with Crippen LogP contribution in [0.5, 0.6) is 0 Å². The van der Waals surface area contributed by atoms with Gasteiger partial charge in [0.15, 0.2) is 0 Å². The molecule has 2 aromatic carbocycles. The molecule has 1 unspecified atom stereocenters. The smallest absolute Gasteiger partial charge is 0.266 e. The second kappa shape index (κ2) is 7.97. The molecule has 3 amide bonds. The summed E-state index contributed by atoms with van der Waals surface area (Å²) in [6.45, 7) is 5.21. The number of hydrogen-bond acceptors (Lipinski definition) is 4. The molecule has 1 aliphatic heterocycles. The summed E-state index contributed by atoms with van der Waals surface area (Å²) in [7, 11) is 0. The number of carbonyl (C=O) groups is 3. The maximum Gasteiger partial charge on any atom is 0.266 e. The molecule has 1 atom stereocenters. The standard InChI is InChI=1S/C21H20N2O4/c1-3-15(2)27-23(13-16-9-5-4-6-10-16)19(24)14-22-20(25)17-11-7-8-12-18(17)21(22)26/h3-12,15H,1,13-14H2,2H3. The minimum atomic E-state index is -0.484. The number of nitrogens with zero attached hydrogens (tertiary/aromatic N) is 2. The number of carbonyl (C=O) groups excluding carboxylic acids is 3. The molecule has 6 heteroatoms. The topological polar surface area (TPSA) is 66.9 Å². The van der Waals surface area contributed by atoms with Crippen molar-refractivity contribution in [2.24, 2.45) is 0 Å². The summed E-state index contributed by atoms with van der Waals surface area (Å²) in [6, 6.07) is 15.9. The fourth-order valence-corrected chi connectivity index (χ4v) is 2.77. The van der Waals surface area contributed by atoms with Gasteiger partial charge in [0.25, 0.3) is 17.7 Å². The van der Waals surface area contributed by atoms with E-state index in [0.29, 0.717) is 11.1 Å². The van der Waals surface area contributed by atoms with Crippen LogP contribution in [0.3, 0.4) is 0 Å². The Balaban J connectivity index is 1.77. The van der Waals surface area contributed by atoms with E-state index in [1.165, 1.54) is 5.06 Å². The zero-order valence-electron chi connectivity index (χ0n) is 15.0. The van der Waals surface area contributed by atoms with Crippen LogP contribution < -0.4 is 0 Å². The fraction of sp³-hybridized carbons (Fsp3) is 0.190. The Morgan fingerprint density at radius 2 is 1.63 bits per heavy atom. The molecule has 0 aromatic heterocycles. The average molecular weight is 364 g/mol. The Bertz CT molecular complexity index is 844. The van der Waals surface area contributed by atoms with Gasteiger partial charge in [0.05, 0.1) is 17.7 Å². The van der Waals surface area contributed by atoms with E-state index in [1.807, 2.05) is 30.3 Å².